The molecule has 35 heavy (non-hydrogen) atoms. The molecule has 1 saturated carbocycles. The van der Waals surface area contributed by atoms with Crippen molar-refractivity contribution in [2.75, 3.05) is 12.3 Å². The number of aryl methyl sites for hydroxylation is 1. The Morgan fingerprint density at radius 1 is 0.971 bits per heavy atom. The van der Waals surface area contributed by atoms with Crippen molar-refractivity contribution in [2.45, 2.75) is 55.6 Å². The van der Waals surface area contributed by atoms with E-state index in [-0.39, 0.29) is 40.7 Å². The predicted octanol–water partition coefficient (Wildman–Crippen LogP) is 4.70. The molecule has 4 rings (SSSR count). The molecule has 2 fully saturated rings. The molecule has 1 amide bonds. The average Bonchev–Trinajstić information content (AvgIpc) is 3.18. The molecule has 2 aromatic rings. The maximum atomic E-state index is 13.2. The van der Waals surface area contributed by atoms with E-state index in [4.69, 9.17) is 0 Å². The SMILES string of the molecule is O=C1CC[C@H](N2CCC(CCc3cccc(C(F)(F)F)c3)C2=O)[C@H](CS(=O)(=O)c2ccccc2)C1. The number of alkyl halides is 3. The van der Waals surface area contributed by atoms with Gasteiger partial charge in [-0.3, -0.25) is 9.59 Å². The Bertz CT molecular complexity index is 1180. The molecule has 0 N–H and O–H groups in total. The minimum Gasteiger partial charge on any atom is -0.339 e. The second kappa shape index (κ2) is 10.1. The summed E-state index contributed by atoms with van der Waals surface area (Å²) in [6.07, 6.45) is -2.21. The number of hydrogen-bond donors (Lipinski definition) is 0. The number of hydrogen-bond acceptors (Lipinski definition) is 4. The number of sulfone groups is 1. The van der Waals surface area contributed by atoms with Gasteiger partial charge in [-0.25, -0.2) is 8.42 Å². The first-order valence-electron chi connectivity index (χ1n) is 11.8. The van der Waals surface area contributed by atoms with Crippen molar-refractivity contribution >= 4 is 21.5 Å². The van der Waals surface area contributed by atoms with Crippen LogP contribution >= 0.6 is 0 Å². The van der Waals surface area contributed by atoms with Crippen molar-refractivity contribution in [3.05, 3.63) is 65.7 Å². The number of rotatable bonds is 7. The second-order valence-corrected chi connectivity index (χ2v) is 11.5. The van der Waals surface area contributed by atoms with Crippen molar-refractivity contribution in [2.24, 2.45) is 11.8 Å². The maximum absolute atomic E-state index is 13.2. The highest BCUT2D eigenvalue weighted by Gasteiger charge is 2.42. The molecule has 1 aliphatic heterocycles. The number of carbonyl (C=O) groups excluding carboxylic acids is 2. The van der Waals surface area contributed by atoms with Gasteiger partial charge in [0.15, 0.2) is 9.84 Å². The van der Waals surface area contributed by atoms with E-state index < -0.39 is 27.5 Å². The van der Waals surface area contributed by atoms with Gasteiger partial charge in [-0.05, 0) is 49.4 Å². The Morgan fingerprint density at radius 2 is 1.71 bits per heavy atom. The standard InChI is InChI=1S/C26H28F3NO4S/c27-26(28,29)21-6-4-5-18(15-21)9-10-19-13-14-30(25(19)32)24-12-11-22(31)16-20(24)17-35(33,34)23-7-2-1-3-8-23/h1-8,15,19-20,24H,9-14,16-17H2/t19?,20-,24-/m0/s1. The van der Waals surface area contributed by atoms with Crippen LogP contribution in [0.1, 0.15) is 43.2 Å². The van der Waals surface area contributed by atoms with Gasteiger partial charge in [0.1, 0.15) is 5.78 Å². The molecule has 1 heterocycles. The summed E-state index contributed by atoms with van der Waals surface area (Å²) in [6, 6.07) is 12.9. The van der Waals surface area contributed by atoms with Gasteiger partial charge in [0.05, 0.1) is 16.2 Å². The van der Waals surface area contributed by atoms with Crippen LogP contribution in [0.5, 0.6) is 0 Å². The highest BCUT2D eigenvalue weighted by atomic mass is 32.2. The van der Waals surface area contributed by atoms with E-state index in [1.807, 2.05) is 0 Å². The van der Waals surface area contributed by atoms with Crippen molar-refractivity contribution in [3.63, 3.8) is 0 Å². The molecule has 9 heteroatoms. The molecule has 2 aliphatic rings. The number of Topliss-reactive ketones (excluding diaryl/α,β-unsaturated/α-hetero) is 1. The molecular weight excluding hydrogens is 479 g/mol. The molecule has 3 atom stereocenters. The van der Waals surface area contributed by atoms with Gasteiger partial charge in [0.25, 0.3) is 0 Å². The Balaban J connectivity index is 1.43. The van der Waals surface area contributed by atoms with Gasteiger partial charge in [0, 0.05) is 37.3 Å². The van der Waals surface area contributed by atoms with Gasteiger partial charge in [-0.15, -0.1) is 0 Å². The van der Waals surface area contributed by atoms with Crippen LogP contribution in [0.15, 0.2) is 59.5 Å². The third kappa shape index (κ3) is 5.94. The highest BCUT2D eigenvalue weighted by Crippen LogP contribution is 2.35. The van der Waals surface area contributed by atoms with Crippen LogP contribution in [0.25, 0.3) is 0 Å². The lowest BCUT2D eigenvalue weighted by Gasteiger charge is -2.37. The van der Waals surface area contributed by atoms with Crippen LogP contribution in [0, 0.1) is 11.8 Å². The molecular formula is C26H28F3NO4S. The molecule has 188 valence electrons. The highest BCUT2D eigenvalue weighted by molar-refractivity contribution is 7.91. The van der Waals surface area contributed by atoms with E-state index in [0.717, 1.165) is 12.1 Å². The van der Waals surface area contributed by atoms with Gasteiger partial charge in [0.2, 0.25) is 5.91 Å². The topological polar surface area (TPSA) is 71.5 Å². The normalized spacial score (nSPS) is 23.6. The number of ketones is 1. The number of benzene rings is 2. The first-order valence-corrected chi connectivity index (χ1v) is 13.5. The summed E-state index contributed by atoms with van der Waals surface area (Å²) in [4.78, 5) is 27.3. The van der Waals surface area contributed by atoms with Gasteiger partial charge < -0.3 is 4.90 Å². The van der Waals surface area contributed by atoms with Gasteiger partial charge in [-0.1, -0.05) is 36.4 Å². The number of likely N-dealkylation sites (tertiary alicyclic amines) is 1. The first-order chi connectivity index (χ1) is 16.5. The fourth-order valence-corrected chi connectivity index (χ4v) is 6.93. The van der Waals surface area contributed by atoms with Crippen LogP contribution in [-0.4, -0.2) is 43.3 Å². The lowest BCUT2D eigenvalue weighted by atomic mass is 9.84. The quantitative estimate of drug-likeness (QED) is 0.545. The molecule has 0 radical (unpaired) electrons. The Kier molecular flexibility index (Phi) is 7.35. The Labute approximate surface area is 203 Å². The molecule has 2 aromatic carbocycles. The first kappa shape index (κ1) is 25.4. The zero-order valence-corrected chi connectivity index (χ0v) is 20.0. The molecule has 1 unspecified atom stereocenters. The fourth-order valence-electron chi connectivity index (χ4n) is 5.27. The predicted molar refractivity (Wildman–Crippen MR) is 124 cm³/mol. The summed E-state index contributed by atoms with van der Waals surface area (Å²) in [5, 5.41) is 0. The number of carbonyl (C=O) groups is 2. The maximum Gasteiger partial charge on any atom is 0.416 e. The Hall–Kier alpha value is -2.68. The van der Waals surface area contributed by atoms with E-state index in [9.17, 15) is 31.2 Å². The molecule has 0 spiro atoms. The van der Waals surface area contributed by atoms with Crippen LogP contribution in [0.4, 0.5) is 13.2 Å². The summed E-state index contributed by atoms with van der Waals surface area (Å²) in [5.41, 5.74) is -0.176. The van der Waals surface area contributed by atoms with Crippen molar-refractivity contribution in [1.29, 1.82) is 0 Å². The molecule has 5 nitrogen and oxygen atoms in total. The monoisotopic (exact) mass is 507 g/mol. The van der Waals surface area contributed by atoms with E-state index in [0.29, 0.717) is 44.2 Å². The number of halogens is 3. The van der Waals surface area contributed by atoms with Crippen LogP contribution in [0.2, 0.25) is 0 Å². The average molecular weight is 508 g/mol. The lowest BCUT2D eigenvalue weighted by Crippen LogP contribution is -2.47. The summed E-state index contributed by atoms with van der Waals surface area (Å²) in [7, 11) is -3.62. The van der Waals surface area contributed by atoms with E-state index in [1.54, 1.807) is 29.2 Å². The molecule has 1 aliphatic carbocycles. The van der Waals surface area contributed by atoms with Crippen molar-refractivity contribution in [1.82, 2.24) is 4.90 Å². The van der Waals surface area contributed by atoms with E-state index >= 15 is 0 Å². The fraction of sp³-hybridized carbons (Fsp3) is 0.462. The van der Waals surface area contributed by atoms with Gasteiger partial charge in [-0.2, -0.15) is 13.2 Å². The summed E-state index contributed by atoms with van der Waals surface area (Å²) in [6.45, 7) is 0.465. The summed E-state index contributed by atoms with van der Waals surface area (Å²) >= 11 is 0. The van der Waals surface area contributed by atoms with Crippen LogP contribution < -0.4 is 0 Å². The van der Waals surface area contributed by atoms with Crippen molar-refractivity contribution in [3.8, 4) is 0 Å². The number of amides is 1. The van der Waals surface area contributed by atoms with Gasteiger partial charge >= 0.3 is 6.18 Å². The van der Waals surface area contributed by atoms with E-state index in [2.05, 4.69) is 0 Å². The lowest BCUT2D eigenvalue weighted by molar-refractivity contribution is -0.138. The molecule has 0 aromatic heterocycles. The Morgan fingerprint density at radius 3 is 2.43 bits per heavy atom. The summed E-state index contributed by atoms with van der Waals surface area (Å²) in [5.74, 6) is -1.10. The zero-order chi connectivity index (χ0) is 25.2. The minimum absolute atomic E-state index is 0.00209. The molecule has 1 saturated heterocycles. The largest absolute Gasteiger partial charge is 0.416 e. The number of nitrogens with zero attached hydrogens (tertiary/aromatic N) is 1. The minimum atomic E-state index is -4.41. The summed E-state index contributed by atoms with van der Waals surface area (Å²) < 4.78 is 64.9. The third-order valence-corrected chi connectivity index (χ3v) is 8.93. The van der Waals surface area contributed by atoms with Crippen LogP contribution in [-0.2, 0) is 32.0 Å². The zero-order valence-electron chi connectivity index (χ0n) is 19.2. The van der Waals surface area contributed by atoms with Crippen molar-refractivity contribution < 1.29 is 31.2 Å². The van der Waals surface area contributed by atoms with E-state index in [1.165, 1.54) is 18.2 Å². The second-order valence-electron chi connectivity index (χ2n) is 9.46. The third-order valence-electron chi connectivity index (χ3n) is 7.08. The molecule has 0 bridgehead atoms. The smallest absolute Gasteiger partial charge is 0.339 e. The van der Waals surface area contributed by atoms with Crippen LogP contribution in [0.3, 0.4) is 0 Å².